The molecule has 0 aliphatic heterocycles. The molecule has 1 aliphatic rings. The number of nitrogens with zero attached hydrogens (tertiary/aromatic N) is 1. The van der Waals surface area contributed by atoms with Gasteiger partial charge in [-0.15, -0.1) is 10.1 Å². The lowest BCUT2D eigenvalue weighted by atomic mass is 9.89. The number of hydrogen-bond acceptors (Lipinski definition) is 8. The number of para-hydroxylation sites is 1. The van der Waals surface area contributed by atoms with E-state index in [1.165, 1.54) is 6.08 Å². The largest absolute Gasteiger partial charge is 0.487 e. The summed E-state index contributed by atoms with van der Waals surface area (Å²) in [7, 11) is 0. The molecule has 2 aromatic rings. The van der Waals surface area contributed by atoms with Gasteiger partial charge in [-0.1, -0.05) is 60.7 Å². The Kier molecular flexibility index (Phi) is 12.2. The van der Waals surface area contributed by atoms with Crippen LogP contribution < -0.4 is 4.74 Å². The summed E-state index contributed by atoms with van der Waals surface area (Å²) < 4.78 is 39.1. The number of esters is 1. The Labute approximate surface area is 237 Å². The number of hydrogen-bond donors (Lipinski definition) is 2. The fraction of sp³-hybridized carbons (Fsp3) is 0.433. The van der Waals surface area contributed by atoms with Gasteiger partial charge in [-0.3, -0.25) is 4.79 Å². The Hall–Kier alpha value is -3.83. The smallest absolute Gasteiger partial charge is 0.306 e. The third-order valence-electron chi connectivity index (χ3n) is 6.74. The molecule has 41 heavy (non-hydrogen) atoms. The molecule has 4 atom stereocenters. The number of alkyl halides is 2. The highest BCUT2D eigenvalue weighted by Crippen LogP contribution is 2.37. The first-order valence-electron chi connectivity index (χ1n) is 13.4. The molecule has 0 unspecified atom stereocenters. The second-order valence-corrected chi connectivity index (χ2v) is 9.91. The molecular weight excluding hydrogens is 540 g/mol. The Morgan fingerprint density at radius 3 is 2.39 bits per heavy atom. The van der Waals surface area contributed by atoms with Crippen LogP contribution in [0.3, 0.4) is 0 Å². The van der Waals surface area contributed by atoms with Crippen LogP contribution in [0.2, 0.25) is 0 Å². The summed E-state index contributed by atoms with van der Waals surface area (Å²) in [6.45, 7) is -0.905. The number of unbranched alkanes of at least 4 members (excludes halogenated alkanes) is 1. The van der Waals surface area contributed by atoms with Gasteiger partial charge in [0.15, 0.2) is 6.61 Å². The van der Waals surface area contributed by atoms with E-state index in [1.807, 2.05) is 12.2 Å². The van der Waals surface area contributed by atoms with E-state index in [-0.39, 0.29) is 32.0 Å². The third-order valence-corrected chi connectivity index (χ3v) is 6.74. The average molecular weight is 576 g/mol. The minimum atomic E-state index is -3.24. The Bertz CT molecular complexity index is 1160. The zero-order chi connectivity index (χ0) is 29.7. The van der Waals surface area contributed by atoms with Gasteiger partial charge in [-0.25, -0.2) is 0 Å². The molecule has 0 saturated heterocycles. The molecular formula is C30H35F2NO8. The normalized spacial score (nSPS) is 20.9. The lowest BCUT2D eigenvalue weighted by Gasteiger charge is -2.20. The molecule has 0 bridgehead atoms. The zero-order valence-corrected chi connectivity index (χ0v) is 22.5. The van der Waals surface area contributed by atoms with Crippen LogP contribution in [0, 0.1) is 22.0 Å². The van der Waals surface area contributed by atoms with E-state index in [9.17, 15) is 33.9 Å². The summed E-state index contributed by atoms with van der Waals surface area (Å²) in [4.78, 5) is 26.6. The summed E-state index contributed by atoms with van der Waals surface area (Å²) >= 11 is 0. The highest BCUT2D eigenvalue weighted by molar-refractivity contribution is 5.69. The minimum absolute atomic E-state index is 0.0826. The van der Waals surface area contributed by atoms with E-state index in [1.54, 1.807) is 54.6 Å². The van der Waals surface area contributed by atoms with Crippen molar-refractivity contribution in [2.24, 2.45) is 11.8 Å². The molecule has 1 saturated carbocycles. The van der Waals surface area contributed by atoms with Gasteiger partial charge < -0.3 is 24.5 Å². The number of benzene rings is 2. The lowest BCUT2D eigenvalue weighted by molar-refractivity contribution is -0.763. The van der Waals surface area contributed by atoms with Gasteiger partial charge in [0.05, 0.1) is 12.2 Å². The summed E-state index contributed by atoms with van der Waals surface area (Å²) in [5, 5.41) is 30.1. The second-order valence-electron chi connectivity index (χ2n) is 9.91. The van der Waals surface area contributed by atoms with Gasteiger partial charge in [0.25, 0.3) is 11.0 Å². The maximum absolute atomic E-state index is 14.4. The lowest BCUT2D eigenvalue weighted by Crippen LogP contribution is -2.25. The number of allylic oxidation sites excluding steroid dienone is 2. The molecule has 0 amide bonds. The van der Waals surface area contributed by atoms with Crippen molar-refractivity contribution < 1.29 is 43.2 Å². The highest BCUT2D eigenvalue weighted by Gasteiger charge is 2.40. The number of ether oxygens (including phenoxy) is 2. The average Bonchev–Trinajstić information content (AvgIpc) is 3.23. The van der Waals surface area contributed by atoms with E-state index in [0.29, 0.717) is 30.6 Å². The number of rotatable bonds is 16. The van der Waals surface area contributed by atoms with Crippen LogP contribution >= 0.6 is 0 Å². The summed E-state index contributed by atoms with van der Waals surface area (Å²) in [5.74, 6) is -4.30. The first-order valence-corrected chi connectivity index (χ1v) is 13.4. The molecule has 3 rings (SSSR count). The zero-order valence-electron chi connectivity index (χ0n) is 22.5. The van der Waals surface area contributed by atoms with Crippen molar-refractivity contribution in [3.63, 3.8) is 0 Å². The molecule has 9 nitrogen and oxygen atoms in total. The van der Waals surface area contributed by atoms with Gasteiger partial charge in [0.1, 0.15) is 19.0 Å². The van der Waals surface area contributed by atoms with E-state index in [2.05, 4.69) is 4.84 Å². The molecule has 0 aromatic heterocycles. The standard InChI is InChI=1S/C30H35F2NO8/c31-30(32,21-40-24-8-4-3-5-9-24)17-16-26-25(27(34)18-28(26)35)10-6-1-2-7-11-29(36)39-19-22-12-14-23(15-13-22)20-41-33(37)38/h1,3-6,8-9,12-17,25-28,34-35H,2,7,10-11,18-21H2/b6-1-,17-16+/t25-,26-,27+,28-/m1/s1. The number of aliphatic hydroxyl groups is 2. The number of carbonyl (C=O) groups excluding carboxylic acids is 1. The van der Waals surface area contributed by atoms with Crippen LogP contribution in [0.25, 0.3) is 0 Å². The van der Waals surface area contributed by atoms with Crippen LogP contribution in [-0.4, -0.2) is 46.0 Å². The second kappa shape index (κ2) is 15.8. The molecule has 2 aromatic carbocycles. The fourth-order valence-corrected chi connectivity index (χ4v) is 4.53. The van der Waals surface area contributed by atoms with Crippen molar-refractivity contribution in [1.29, 1.82) is 0 Å². The first kappa shape index (κ1) is 31.7. The monoisotopic (exact) mass is 575 g/mol. The molecule has 11 heteroatoms. The van der Waals surface area contributed by atoms with Gasteiger partial charge >= 0.3 is 5.97 Å². The van der Waals surface area contributed by atoms with Gasteiger partial charge in [-0.2, -0.15) is 8.78 Å². The number of halogens is 2. The van der Waals surface area contributed by atoms with Crippen molar-refractivity contribution in [3.05, 3.63) is 100 Å². The van der Waals surface area contributed by atoms with E-state index in [4.69, 9.17) is 9.47 Å². The van der Waals surface area contributed by atoms with Crippen LogP contribution in [0.4, 0.5) is 8.78 Å². The minimum Gasteiger partial charge on any atom is -0.487 e. The molecule has 0 spiro atoms. The molecule has 222 valence electrons. The van der Waals surface area contributed by atoms with Gasteiger partial charge in [0.2, 0.25) is 0 Å². The van der Waals surface area contributed by atoms with Crippen molar-refractivity contribution in [1.82, 2.24) is 0 Å². The van der Waals surface area contributed by atoms with Crippen LogP contribution in [0.1, 0.15) is 43.2 Å². The highest BCUT2D eigenvalue weighted by atomic mass is 19.3. The van der Waals surface area contributed by atoms with Crippen LogP contribution in [0.5, 0.6) is 5.75 Å². The summed E-state index contributed by atoms with van der Waals surface area (Å²) in [6.07, 6.45) is 5.80. The van der Waals surface area contributed by atoms with Crippen LogP contribution in [0.15, 0.2) is 78.9 Å². The third kappa shape index (κ3) is 11.3. The van der Waals surface area contributed by atoms with Crippen molar-refractivity contribution >= 4 is 5.97 Å². The molecule has 0 heterocycles. The Balaban J connectivity index is 1.36. The molecule has 1 aliphatic carbocycles. The fourth-order valence-electron chi connectivity index (χ4n) is 4.53. The summed E-state index contributed by atoms with van der Waals surface area (Å²) in [5.41, 5.74) is 1.36. The predicted octanol–water partition coefficient (Wildman–Crippen LogP) is 5.18. The van der Waals surface area contributed by atoms with Crippen LogP contribution in [-0.2, 0) is 27.6 Å². The Morgan fingerprint density at radius 1 is 1.02 bits per heavy atom. The first-order chi connectivity index (χ1) is 19.6. The maximum Gasteiger partial charge on any atom is 0.306 e. The predicted molar refractivity (Wildman–Crippen MR) is 145 cm³/mol. The van der Waals surface area contributed by atoms with E-state index < -0.39 is 41.7 Å². The maximum atomic E-state index is 14.4. The molecule has 0 radical (unpaired) electrons. The van der Waals surface area contributed by atoms with Gasteiger partial charge in [0, 0.05) is 18.8 Å². The molecule has 2 N–H and O–H groups in total. The van der Waals surface area contributed by atoms with E-state index >= 15 is 0 Å². The SMILES string of the molecule is O=C(CCC/C=C\C[C@@H]1[C@@H](/C=C/C(F)(F)COc2ccccc2)[C@H](O)C[C@@H]1O)OCc1ccc(CO[N+](=O)[O-])cc1. The Morgan fingerprint density at radius 2 is 1.71 bits per heavy atom. The quantitative estimate of drug-likeness (QED) is 0.0921. The van der Waals surface area contributed by atoms with Crippen molar-refractivity contribution in [3.8, 4) is 5.75 Å². The topological polar surface area (TPSA) is 128 Å². The van der Waals surface area contributed by atoms with Crippen molar-refractivity contribution in [2.45, 2.75) is 63.4 Å². The number of carbonyl (C=O) groups is 1. The van der Waals surface area contributed by atoms with E-state index in [0.717, 1.165) is 11.6 Å². The van der Waals surface area contributed by atoms with Crippen molar-refractivity contribution in [2.75, 3.05) is 6.61 Å². The van der Waals surface area contributed by atoms with Gasteiger partial charge in [-0.05, 0) is 54.5 Å². The number of aliphatic hydroxyl groups excluding tert-OH is 2. The molecule has 1 fully saturated rings. The summed E-state index contributed by atoms with van der Waals surface area (Å²) in [6, 6.07) is 15.0.